The highest BCUT2D eigenvalue weighted by Gasteiger charge is 2.14. The summed E-state index contributed by atoms with van der Waals surface area (Å²) in [5, 5.41) is 6.70. The van der Waals surface area contributed by atoms with E-state index in [1.54, 1.807) is 14.2 Å². The largest absolute Gasteiger partial charge is 0.493 e. The summed E-state index contributed by atoms with van der Waals surface area (Å²) in [6.45, 7) is 12.9. The quantitative estimate of drug-likeness (QED) is 0.215. The van der Waals surface area contributed by atoms with Crippen LogP contribution in [0, 0.1) is 0 Å². The molecule has 166 valence electrons. The second-order valence-corrected chi connectivity index (χ2v) is 6.91. The maximum absolute atomic E-state index is 5.56. The van der Waals surface area contributed by atoms with E-state index < -0.39 is 0 Å². The maximum atomic E-state index is 5.56. The zero-order chi connectivity index (χ0) is 20.2. The van der Waals surface area contributed by atoms with E-state index in [9.17, 15) is 0 Å². The number of rotatable bonds is 10. The van der Waals surface area contributed by atoms with Crippen molar-refractivity contribution < 1.29 is 9.47 Å². The van der Waals surface area contributed by atoms with Gasteiger partial charge >= 0.3 is 0 Å². The fourth-order valence-corrected chi connectivity index (χ4v) is 3.33. The van der Waals surface area contributed by atoms with Crippen LogP contribution < -0.4 is 20.1 Å². The van der Waals surface area contributed by atoms with Crippen molar-refractivity contribution in [2.24, 2.45) is 4.99 Å². The molecule has 0 bridgehead atoms. The Hall–Kier alpha value is -1.26. The van der Waals surface area contributed by atoms with Gasteiger partial charge < -0.3 is 29.9 Å². The number of unbranched alkanes of at least 4 members (excludes halogenated alkanes) is 1. The molecule has 2 rings (SSSR count). The third kappa shape index (κ3) is 8.96. The summed E-state index contributed by atoms with van der Waals surface area (Å²) in [4.78, 5) is 9.40. The van der Waals surface area contributed by atoms with E-state index in [2.05, 4.69) is 32.3 Å². The molecule has 1 aromatic rings. The minimum absolute atomic E-state index is 0. The molecular weight excluding hydrogens is 481 g/mol. The fraction of sp³-hybridized carbons (Fsp3) is 0.667. The second-order valence-electron chi connectivity index (χ2n) is 6.91. The number of halogens is 1. The molecule has 0 aliphatic carbocycles. The number of methoxy groups -OCH3 is 1. The zero-order valence-corrected chi connectivity index (χ0v) is 20.7. The lowest BCUT2D eigenvalue weighted by molar-refractivity contribution is 0.136. The van der Waals surface area contributed by atoms with Crippen molar-refractivity contribution in [2.75, 3.05) is 71.9 Å². The Morgan fingerprint density at radius 1 is 1.07 bits per heavy atom. The summed E-state index contributed by atoms with van der Waals surface area (Å²) >= 11 is 0. The van der Waals surface area contributed by atoms with Gasteiger partial charge in [-0.25, -0.2) is 0 Å². The first-order chi connectivity index (χ1) is 13.7. The van der Waals surface area contributed by atoms with Gasteiger partial charge in [0.05, 0.1) is 13.7 Å². The summed E-state index contributed by atoms with van der Waals surface area (Å²) in [7, 11) is 3.44. The van der Waals surface area contributed by atoms with Crippen molar-refractivity contribution >= 4 is 35.6 Å². The molecule has 0 aromatic heterocycles. The van der Waals surface area contributed by atoms with Gasteiger partial charge in [0.15, 0.2) is 17.5 Å². The number of guanidine groups is 1. The van der Waals surface area contributed by atoms with Gasteiger partial charge in [-0.05, 0) is 45.0 Å². The number of aliphatic imine (C=N–C) groups is 1. The topological polar surface area (TPSA) is 61.4 Å². The predicted molar refractivity (Wildman–Crippen MR) is 132 cm³/mol. The van der Waals surface area contributed by atoms with Crippen LogP contribution in [0.1, 0.15) is 26.7 Å². The molecule has 1 saturated heterocycles. The predicted octanol–water partition coefficient (Wildman–Crippen LogP) is 3.12. The van der Waals surface area contributed by atoms with Crippen LogP contribution in [-0.2, 0) is 0 Å². The average Bonchev–Trinajstić information content (AvgIpc) is 2.74. The Bertz CT molecular complexity index is 607. The van der Waals surface area contributed by atoms with Crippen LogP contribution in [0.25, 0.3) is 0 Å². The first-order valence-corrected chi connectivity index (χ1v) is 10.4. The monoisotopic (exact) mass is 519 g/mol. The number of piperazine rings is 1. The number of hydrogen-bond acceptors (Lipinski definition) is 5. The number of nitrogens with zero attached hydrogens (tertiary/aromatic N) is 3. The number of likely N-dealkylation sites (N-methyl/N-ethyl adjacent to an activating group) is 1. The first-order valence-electron chi connectivity index (χ1n) is 10.4. The molecule has 8 heteroatoms. The van der Waals surface area contributed by atoms with Crippen molar-refractivity contribution in [3.8, 4) is 11.5 Å². The van der Waals surface area contributed by atoms with E-state index in [-0.39, 0.29) is 24.0 Å². The van der Waals surface area contributed by atoms with Crippen LogP contribution in [0.3, 0.4) is 0 Å². The van der Waals surface area contributed by atoms with Crippen molar-refractivity contribution in [2.45, 2.75) is 26.7 Å². The molecular formula is C21H38IN5O2. The molecule has 0 amide bonds. The van der Waals surface area contributed by atoms with Crippen LogP contribution in [0.15, 0.2) is 23.2 Å². The van der Waals surface area contributed by atoms with Crippen molar-refractivity contribution in [3.05, 3.63) is 18.2 Å². The van der Waals surface area contributed by atoms with Crippen LogP contribution >= 0.6 is 24.0 Å². The molecule has 1 fully saturated rings. The number of benzene rings is 1. The van der Waals surface area contributed by atoms with Crippen LogP contribution in [0.2, 0.25) is 0 Å². The van der Waals surface area contributed by atoms with Gasteiger partial charge in [0, 0.05) is 51.5 Å². The van der Waals surface area contributed by atoms with Crippen LogP contribution in [0.4, 0.5) is 5.69 Å². The maximum Gasteiger partial charge on any atom is 0.195 e. The van der Waals surface area contributed by atoms with Gasteiger partial charge in [-0.15, -0.1) is 24.0 Å². The Morgan fingerprint density at radius 3 is 2.41 bits per heavy atom. The summed E-state index contributed by atoms with van der Waals surface area (Å²) in [5.74, 6) is 2.23. The number of ether oxygens (including phenoxy) is 2. The summed E-state index contributed by atoms with van der Waals surface area (Å²) < 4.78 is 11.0. The van der Waals surface area contributed by atoms with Crippen LogP contribution in [-0.4, -0.2) is 82.3 Å². The summed E-state index contributed by atoms with van der Waals surface area (Å²) in [6, 6.07) is 5.81. The van der Waals surface area contributed by atoms with Crippen molar-refractivity contribution in [1.82, 2.24) is 15.1 Å². The summed E-state index contributed by atoms with van der Waals surface area (Å²) in [5.41, 5.74) is 0.919. The molecule has 0 spiro atoms. The molecule has 7 nitrogen and oxygen atoms in total. The van der Waals surface area contributed by atoms with Gasteiger partial charge in [-0.2, -0.15) is 0 Å². The Kier molecular flexibility index (Phi) is 13.0. The van der Waals surface area contributed by atoms with E-state index in [1.807, 2.05) is 25.1 Å². The molecule has 1 aliphatic heterocycles. The fourth-order valence-electron chi connectivity index (χ4n) is 3.33. The van der Waals surface area contributed by atoms with E-state index in [4.69, 9.17) is 9.47 Å². The molecule has 0 atom stereocenters. The molecule has 0 saturated carbocycles. The zero-order valence-electron chi connectivity index (χ0n) is 18.4. The van der Waals surface area contributed by atoms with Crippen molar-refractivity contribution in [3.63, 3.8) is 0 Å². The van der Waals surface area contributed by atoms with E-state index in [0.29, 0.717) is 12.4 Å². The van der Waals surface area contributed by atoms with Gasteiger partial charge in [0.1, 0.15) is 0 Å². The molecule has 1 aromatic carbocycles. The van der Waals surface area contributed by atoms with Gasteiger partial charge in [0.25, 0.3) is 0 Å². The normalized spacial score (nSPS) is 15.5. The average molecular weight is 519 g/mol. The number of nitrogens with one attached hydrogen (secondary N) is 2. The van der Waals surface area contributed by atoms with E-state index >= 15 is 0 Å². The smallest absolute Gasteiger partial charge is 0.195 e. The van der Waals surface area contributed by atoms with Gasteiger partial charge in [-0.3, -0.25) is 4.99 Å². The first kappa shape index (κ1) is 25.8. The highest BCUT2D eigenvalue weighted by Crippen LogP contribution is 2.30. The minimum atomic E-state index is 0. The van der Waals surface area contributed by atoms with E-state index in [0.717, 1.165) is 30.4 Å². The highest BCUT2D eigenvalue weighted by atomic mass is 127. The molecule has 2 N–H and O–H groups in total. The minimum Gasteiger partial charge on any atom is -0.493 e. The Labute approximate surface area is 193 Å². The standard InChI is InChI=1S/C21H37N5O2.HI/c1-5-25-13-15-26(16-14-25)12-8-7-11-23-21(22-3)24-18-9-10-19(28-6-2)20(17-18)27-4;/h9-10,17H,5-8,11-16H2,1-4H3,(H2,22,23,24);1H. The molecule has 0 unspecified atom stereocenters. The number of hydrogen-bond donors (Lipinski definition) is 2. The second kappa shape index (κ2) is 14.7. The number of anilines is 1. The Balaban J connectivity index is 0.00000420. The Morgan fingerprint density at radius 2 is 1.79 bits per heavy atom. The highest BCUT2D eigenvalue weighted by molar-refractivity contribution is 14.0. The molecule has 1 aliphatic rings. The van der Waals surface area contributed by atoms with E-state index in [1.165, 1.54) is 45.7 Å². The van der Waals surface area contributed by atoms with Gasteiger partial charge in [-0.1, -0.05) is 6.92 Å². The lowest BCUT2D eigenvalue weighted by Crippen LogP contribution is -2.46. The third-order valence-electron chi connectivity index (χ3n) is 5.06. The SMILES string of the molecule is CCOc1ccc(NC(=NC)NCCCCN2CCN(CC)CC2)cc1OC.I. The van der Waals surface area contributed by atoms with Gasteiger partial charge in [0.2, 0.25) is 0 Å². The van der Waals surface area contributed by atoms with Crippen LogP contribution in [0.5, 0.6) is 11.5 Å². The third-order valence-corrected chi connectivity index (χ3v) is 5.06. The lowest BCUT2D eigenvalue weighted by atomic mass is 10.2. The molecule has 1 heterocycles. The van der Waals surface area contributed by atoms with Crippen molar-refractivity contribution in [1.29, 1.82) is 0 Å². The molecule has 29 heavy (non-hydrogen) atoms. The summed E-state index contributed by atoms with van der Waals surface area (Å²) in [6.07, 6.45) is 2.33. The lowest BCUT2D eigenvalue weighted by Gasteiger charge is -2.34. The molecule has 0 radical (unpaired) electrons.